The van der Waals surface area contributed by atoms with Gasteiger partial charge in [-0.1, -0.05) is 12.1 Å². The van der Waals surface area contributed by atoms with Crippen LogP contribution in [0.4, 0.5) is 14.5 Å². The lowest BCUT2D eigenvalue weighted by atomic mass is 10.1. The zero-order chi connectivity index (χ0) is 23.3. The predicted octanol–water partition coefficient (Wildman–Crippen LogP) is 4.44. The molecule has 3 aromatic carbocycles. The van der Waals surface area contributed by atoms with Crippen molar-refractivity contribution in [3.8, 4) is 5.75 Å². The smallest absolute Gasteiger partial charge is 0.261 e. The van der Waals surface area contributed by atoms with Crippen molar-refractivity contribution in [1.82, 2.24) is 4.90 Å². The van der Waals surface area contributed by atoms with E-state index in [2.05, 4.69) is 4.72 Å². The fraction of sp³-hybridized carbons (Fsp3) is 0.174. The summed E-state index contributed by atoms with van der Waals surface area (Å²) in [6.45, 7) is 2.86. The van der Waals surface area contributed by atoms with Crippen LogP contribution in [-0.2, 0) is 16.6 Å². The Hall–Kier alpha value is -3.46. The predicted molar refractivity (Wildman–Crippen MR) is 117 cm³/mol. The van der Waals surface area contributed by atoms with Gasteiger partial charge < -0.3 is 9.64 Å². The summed E-state index contributed by atoms with van der Waals surface area (Å²) in [6.07, 6.45) is 0. The Morgan fingerprint density at radius 1 is 0.969 bits per heavy atom. The number of ether oxygens (including phenoxy) is 1. The lowest BCUT2D eigenvalue weighted by Gasteiger charge is -2.18. The average molecular weight is 461 g/mol. The van der Waals surface area contributed by atoms with Gasteiger partial charge in [-0.15, -0.1) is 0 Å². The fourth-order valence-corrected chi connectivity index (χ4v) is 4.03. The summed E-state index contributed by atoms with van der Waals surface area (Å²) in [5, 5.41) is 0. The Balaban J connectivity index is 1.66. The second kappa shape index (κ2) is 9.78. The lowest BCUT2D eigenvalue weighted by molar-refractivity contribution is 0.0785. The van der Waals surface area contributed by atoms with E-state index in [0.29, 0.717) is 24.8 Å². The first-order chi connectivity index (χ1) is 15.2. The summed E-state index contributed by atoms with van der Waals surface area (Å²) >= 11 is 0. The molecule has 0 aromatic heterocycles. The Kier molecular flexibility index (Phi) is 7.09. The van der Waals surface area contributed by atoms with Gasteiger partial charge in [0, 0.05) is 24.8 Å². The van der Waals surface area contributed by atoms with E-state index in [4.69, 9.17) is 4.74 Å². The Labute approximate surface area is 185 Å². The minimum absolute atomic E-state index is 0.181. The molecule has 0 heterocycles. The molecule has 0 radical (unpaired) electrons. The van der Waals surface area contributed by atoms with Gasteiger partial charge in [0.15, 0.2) is 11.6 Å². The maximum absolute atomic E-state index is 13.4. The minimum atomic E-state index is -4.11. The highest BCUT2D eigenvalue weighted by molar-refractivity contribution is 7.92. The maximum atomic E-state index is 13.4. The normalized spacial score (nSPS) is 11.1. The first-order valence-corrected chi connectivity index (χ1v) is 11.2. The third-order valence-electron chi connectivity index (χ3n) is 4.59. The van der Waals surface area contributed by atoms with E-state index in [0.717, 1.165) is 23.4 Å². The summed E-state index contributed by atoms with van der Waals surface area (Å²) < 4.78 is 58.8. The molecule has 3 rings (SSSR count). The molecule has 168 valence electrons. The van der Waals surface area contributed by atoms with Gasteiger partial charge in [-0.25, -0.2) is 17.2 Å². The number of carbonyl (C=O) groups is 1. The third-order valence-corrected chi connectivity index (χ3v) is 5.97. The molecule has 0 aliphatic rings. The molecule has 6 nitrogen and oxygen atoms in total. The Bertz CT molecular complexity index is 1200. The number of halogens is 2. The second-order valence-electron chi connectivity index (χ2n) is 7.00. The SMILES string of the molecule is CCOc1ccc(CN(C)C(=O)c2ccc(NS(=O)(=O)c3ccc(F)c(F)c3)cc2)cc1. The van der Waals surface area contributed by atoms with E-state index in [1.807, 2.05) is 31.2 Å². The Morgan fingerprint density at radius 3 is 2.22 bits per heavy atom. The summed E-state index contributed by atoms with van der Waals surface area (Å²) in [5.41, 5.74) is 1.48. The number of rotatable bonds is 8. The summed E-state index contributed by atoms with van der Waals surface area (Å²) in [4.78, 5) is 13.8. The van der Waals surface area contributed by atoms with Crippen LogP contribution in [0.1, 0.15) is 22.8 Å². The van der Waals surface area contributed by atoms with Gasteiger partial charge in [0.2, 0.25) is 0 Å². The van der Waals surface area contributed by atoms with Crippen molar-refractivity contribution in [3.05, 3.63) is 89.5 Å². The van der Waals surface area contributed by atoms with Gasteiger partial charge in [-0.3, -0.25) is 9.52 Å². The van der Waals surface area contributed by atoms with Crippen LogP contribution in [0.15, 0.2) is 71.6 Å². The number of hydrogen-bond donors (Lipinski definition) is 1. The van der Waals surface area contributed by atoms with Crippen LogP contribution in [0.5, 0.6) is 5.75 Å². The molecule has 32 heavy (non-hydrogen) atoms. The van der Waals surface area contributed by atoms with Crippen LogP contribution >= 0.6 is 0 Å². The lowest BCUT2D eigenvalue weighted by Crippen LogP contribution is -2.26. The standard InChI is InChI=1S/C23H22F2N2O4S/c1-3-31-19-10-4-16(5-11-19)15-27(2)23(28)17-6-8-18(9-7-17)26-32(29,30)20-12-13-21(24)22(25)14-20/h4-14,26H,3,15H2,1-2H3. The number of anilines is 1. The number of carbonyl (C=O) groups excluding carboxylic acids is 1. The number of hydrogen-bond acceptors (Lipinski definition) is 4. The summed E-state index contributed by atoms with van der Waals surface area (Å²) in [7, 11) is -2.45. The minimum Gasteiger partial charge on any atom is -0.494 e. The molecule has 0 saturated carbocycles. The van der Waals surface area contributed by atoms with Gasteiger partial charge in [-0.2, -0.15) is 0 Å². The van der Waals surface area contributed by atoms with Crippen LogP contribution in [0.3, 0.4) is 0 Å². The second-order valence-corrected chi connectivity index (χ2v) is 8.68. The van der Waals surface area contributed by atoms with Crippen molar-refractivity contribution in [2.24, 2.45) is 0 Å². The van der Waals surface area contributed by atoms with Gasteiger partial charge in [-0.05, 0) is 67.1 Å². The van der Waals surface area contributed by atoms with E-state index in [1.54, 1.807) is 7.05 Å². The van der Waals surface area contributed by atoms with Crippen molar-refractivity contribution in [3.63, 3.8) is 0 Å². The average Bonchev–Trinajstić information content (AvgIpc) is 2.77. The number of amides is 1. The molecule has 0 bridgehead atoms. The topological polar surface area (TPSA) is 75.7 Å². The molecule has 0 spiro atoms. The highest BCUT2D eigenvalue weighted by atomic mass is 32.2. The number of nitrogens with one attached hydrogen (secondary N) is 1. The molecule has 0 aliphatic carbocycles. The van der Waals surface area contributed by atoms with Crippen LogP contribution in [-0.4, -0.2) is 32.9 Å². The van der Waals surface area contributed by atoms with Crippen molar-refractivity contribution in [2.45, 2.75) is 18.4 Å². The Morgan fingerprint density at radius 2 is 1.62 bits per heavy atom. The number of benzene rings is 3. The monoisotopic (exact) mass is 460 g/mol. The van der Waals surface area contributed by atoms with Crippen LogP contribution in [0.2, 0.25) is 0 Å². The zero-order valence-electron chi connectivity index (χ0n) is 17.5. The van der Waals surface area contributed by atoms with Crippen molar-refractivity contribution in [2.75, 3.05) is 18.4 Å². The molecule has 0 unspecified atom stereocenters. The molecule has 0 aliphatic heterocycles. The van der Waals surface area contributed by atoms with Crippen molar-refractivity contribution < 1.29 is 26.7 Å². The first-order valence-electron chi connectivity index (χ1n) is 9.74. The summed E-state index contributed by atoms with van der Waals surface area (Å²) in [5.74, 6) is -1.88. The van der Waals surface area contributed by atoms with E-state index >= 15 is 0 Å². The molecule has 0 fully saturated rings. The maximum Gasteiger partial charge on any atom is 0.261 e. The van der Waals surface area contributed by atoms with Crippen molar-refractivity contribution in [1.29, 1.82) is 0 Å². The summed E-state index contributed by atoms with van der Waals surface area (Å²) in [6, 6.07) is 15.6. The van der Waals surface area contributed by atoms with Gasteiger partial charge in [0.25, 0.3) is 15.9 Å². The van der Waals surface area contributed by atoms with E-state index in [1.165, 1.54) is 29.2 Å². The van der Waals surface area contributed by atoms with Crippen LogP contribution < -0.4 is 9.46 Å². The van der Waals surface area contributed by atoms with Crippen LogP contribution in [0, 0.1) is 11.6 Å². The quantitative estimate of drug-likeness (QED) is 0.539. The molecule has 1 N–H and O–H groups in total. The number of sulfonamides is 1. The van der Waals surface area contributed by atoms with Gasteiger partial charge >= 0.3 is 0 Å². The molecular weight excluding hydrogens is 438 g/mol. The number of nitrogens with zero attached hydrogens (tertiary/aromatic N) is 1. The highest BCUT2D eigenvalue weighted by Crippen LogP contribution is 2.20. The first kappa shape index (κ1) is 23.2. The van der Waals surface area contributed by atoms with Gasteiger partial charge in [0.1, 0.15) is 5.75 Å². The van der Waals surface area contributed by atoms with Crippen LogP contribution in [0.25, 0.3) is 0 Å². The fourth-order valence-electron chi connectivity index (χ4n) is 2.96. The molecule has 9 heteroatoms. The van der Waals surface area contributed by atoms with E-state index in [9.17, 15) is 22.0 Å². The molecule has 3 aromatic rings. The van der Waals surface area contributed by atoms with E-state index < -0.39 is 26.6 Å². The molecule has 0 saturated heterocycles. The van der Waals surface area contributed by atoms with Crippen molar-refractivity contribution >= 4 is 21.6 Å². The largest absolute Gasteiger partial charge is 0.494 e. The third kappa shape index (κ3) is 5.61. The molecular formula is C23H22F2N2O4S. The molecule has 1 amide bonds. The van der Waals surface area contributed by atoms with Gasteiger partial charge in [0.05, 0.1) is 11.5 Å². The van der Waals surface area contributed by atoms with E-state index in [-0.39, 0.29) is 11.6 Å². The zero-order valence-corrected chi connectivity index (χ0v) is 18.3. The molecule has 0 atom stereocenters. The highest BCUT2D eigenvalue weighted by Gasteiger charge is 2.18.